The predicted molar refractivity (Wildman–Crippen MR) is 65.8 cm³/mol. The zero-order valence-corrected chi connectivity index (χ0v) is 9.74. The van der Waals surface area contributed by atoms with Crippen LogP contribution >= 0.6 is 0 Å². The summed E-state index contributed by atoms with van der Waals surface area (Å²) in [7, 11) is 0. The Morgan fingerprint density at radius 1 is 1.35 bits per heavy atom. The lowest BCUT2D eigenvalue weighted by Crippen LogP contribution is -2.32. The van der Waals surface area contributed by atoms with Crippen LogP contribution in [-0.2, 0) is 16.1 Å². The van der Waals surface area contributed by atoms with Crippen LogP contribution in [-0.4, -0.2) is 17.4 Å². The molecule has 1 heterocycles. The maximum atomic E-state index is 11.1. The van der Waals surface area contributed by atoms with Crippen LogP contribution in [0, 0.1) is 0 Å². The Hall–Kier alpha value is -2.03. The van der Waals surface area contributed by atoms with Crippen LogP contribution in [0.3, 0.4) is 0 Å². The number of ether oxygens (including phenoxy) is 1. The predicted octanol–water partition coefficient (Wildman–Crippen LogP) is 2.46. The highest BCUT2D eigenvalue weighted by Gasteiger charge is 2.18. The van der Waals surface area contributed by atoms with Crippen molar-refractivity contribution in [2.75, 3.05) is 0 Å². The molecule has 0 saturated carbocycles. The van der Waals surface area contributed by atoms with Crippen LogP contribution in [0.15, 0.2) is 54.4 Å². The molecule has 1 atom stereocenters. The van der Waals surface area contributed by atoms with Crippen molar-refractivity contribution < 1.29 is 9.53 Å². The van der Waals surface area contributed by atoms with Gasteiger partial charge < -0.3 is 9.64 Å². The van der Waals surface area contributed by atoms with Crippen molar-refractivity contribution in [2.45, 2.75) is 19.7 Å². The number of benzene rings is 1. The normalized spacial score (nSPS) is 19.2. The summed E-state index contributed by atoms with van der Waals surface area (Å²) >= 11 is 0. The Balaban J connectivity index is 2.20. The fraction of sp³-hybridized carbons (Fsp3) is 0.214. The monoisotopic (exact) mass is 229 g/mol. The van der Waals surface area contributed by atoms with Crippen molar-refractivity contribution in [2.24, 2.45) is 0 Å². The van der Waals surface area contributed by atoms with Crippen molar-refractivity contribution in [1.29, 1.82) is 0 Å². The molecular weight excluding hydrogens is 214 g/mol. The van der Waals surface area contributed by atoms with Crippen molar-refractivity contribution >= 4 is 6.29 Å². The first-order chi connectivity index (χ1) is 8.31. The molecule has 1 aromatic rings. The molecule has 0 bridgehead atoms. The molecule has 0 aromatic heterocycles. The largest absolute Gasteiger partial charge is 0.478 e. The van der Waals surface area contributed by atoms with Crippen LogP contribution in [0.4, 0.5) is 0 Å². The number of aldehydes is 1. The second-order valence-electron chi connectivity index (χ2n) is 3.89. The molecule has 0 unspecified atom stereocenters. The lowest BCUT2D eigenvalue weighted by atomic mass is 10.2. The van der Waals surface area contributed by atoms with Gasteiger partial charge in [-0.3, -0.25) is 4.79 Å². The third kappa shape index (κ3) is 2.75. The van der Waals surface area contributed by atoms with E-state index in [1.165, 1.54) is 0 Å². The summed E-state index contributed by atoms with van der Waals surface area (Å²) in [6, 6.07) is 10.0. The van der Waals surface area contributed by atoms with Gasteiger partial charge in [-0.2, -0.15) is 0 Å². The van der Waals surface area contributed by atoms with Crippen molar-refractivity contribution in [3.8, 4) is 0 Å². The Morgan fingerprint density at radius 3 is 2.82 bits per heavy atom. The average molecular weight is 229 g/mol. The second-order valence-corrected chi connectivity index (χ2v) is 3.89. The van der Waals surface area contributed by atoms with Crippen LogP contribution in [0.5, 0.6) is 0 Å². The topological polar surface area (TPSA) is 29.5 Å². The van der Waals surface area contributed by atoms with E-state index in [1.807, 2.05) is 42.2 Å². The summed E-state index contributed by atoms with van der Waals surface area (Å²) in [4.78, 5) is 13.0. The smallest absolute Gasteiger partial charge is 0.169 e. The number of carbonyl (C=O) groups is 1. The Labute approximate surface area is 101 Å². The molecule has 3 heteroatoms. The number of rotatable bonds is 3. The highest BCUT2D eigenvalue weighted by atomic mass is 16.5. The molecule has 0 spiro atoms. The van der Waals surface area contributed by atoms with Gasteiger partial charge in [-0.05, 0) is 24.6 Å². The maximum Gasteiger partial charge on any atom is 0.169 e. The first-order valence-electron chi connectivity index (χ1n) is 5.59. The van der Waals surface area contributed by atoms with E-state index in [4.69, 9.17) is 4.74 Å². The minimum absolute atomic E-state index is 0.148. The molecule has 0 fully saturated rings. The maximum absolute atomic E-state index is 11.1. The number of nitrogens with zero attached hydrogens (tertiary/aromatic N) is 1. The van der Waals surface area contributed by atoms with Gasteiger partial charge in [-0.15, -0.1) is 0 Å². The van der Waals surface area contributed by atoms with E-state index in [2.05, 4.69) is 0 Å². The highest BCUT2D eigenvalue weighted by Crippen LogP contribution is 2.17. The van der Waals surface area contributed by atoms with E-state index >= 15 is 0 Å². The van der Waals surface area contributed by atoms with Crippen LogP contribution < -0.4 is 0 Å². The summed E-state index contributed by atoms with van der Waals surface area (Å²) in [6.45, 7) is 2.59. The van der Waals surface area contributed by atoms with Gasteiger partial charge >= 0.3 is 0 Å². The number of carbonyl (C=O) groups excluding carboxylic acids is 1. The van der Waals surface area contributed by atoms with Crippen molar-refractivity contribution in [3.05, 3.63) is 60.0 Å². The molecule has 0 aliphatic carbocycles. The third-order valence-electron chi connectivity index (χ3n) is 2.71. The molecular formula is C14H15NO2. The summed E-state index contributed by atoms with van der Waals surface area (Å²) in [5, 5.41) is 0. The lowest BCUT2D eigenvalue weighted by Gasteiger charge is -2.29. The van der Waals surface area contributed by atoms with Crippen molar-refractivity contribution in [3.63, 3.8) is 0 Å². The summed E-state index contributed by atoms with van der Waals surface area (Å²) in [5.74, 6) is 0. The van der Waals surface area contributed by atoms with Gasteiger partial charge in [0.05, 0.1) is 12.0 Å². The number of hydrogen-bond acceptors (Lipinski definition) is 3. The van der Waals surface area contributed by atoms with Crippen molar-refractivity contribution in [1.82, 2.24) is 4.90 Å². The molecule has 0 radical (unpaired) electrons. The van der Waals surface area contributed by atoms with Gasteiger partial charge in [0.1, 0.15) is 0 Å². The fourth-order valence-corrected chi connectivity index (χ4v) is 1.78. The summed E-state index contributed by atoms with van der Waals surface area (Å²) in [5.41, 5.74) is 1.78. The van der Waals surface area contributed by atoms with Gasteiger partial charge in [0.15, 0.2) is 12.5 Å². The van der Waals surface area contributed by atoms with E-state index in [0.717, 1.165) is 11.8 Å². The summed E-state index contributed by atoms with van der Waals surface area (Å²) in [6.07, 6.45) is 5.83. The first-order valence-corrected chi connectivity index (χ1v) is 5.59. The Bertz CT molecular complexity index is 437. The Morgan fingerprint density at radius 2 is 2.12 bits per heavy atom. The van der Waals surface area contributed by atoms with Gasteiger partial charge in [0.2, 0.25) is 0 Å². The average Bonchev–Trinajstić information content (AvgIpc) is 2.54. The van der Waals surface area contributed by atoms with E-state index in [1.54, 1.807) is 18.4 Å². The molecule has 1 aliphatic heterocycles. The molecule has 0 N–H and O–H groups in total. The quantitative estimate of drug-likeness (QED) is 0.746. The minimum Gasteiger partial charge on any atom is -0.478 e. The van der Waals surface area contributed by atoms with E-state index < -0.39 is 0 Å². The molecule has 0 amide bonds. The molecule has 17 heavy (non-hydrogen) atoms. The van der Waals surface area contributed by atoms with Crippen LogP contribution in [0.2, 0.25) is 0 Å². The minimum atomic E-state index is -0.148. The van der Waals surface area contributed by atoms with E-state index in [9.17, 15) is 4.79 Å². The first kappa shape index (κ1) is 11.5. The molecule has 0 saturated heterocycles. The van der Waals surface area contributed by atoms with Crippen LogP contribution in [0.1, 0.15) is 12.5 Å². The molecule has 88 valence electrons. The van der Waals surface area contributed by atoms with Gasteiger partial charge in [0.25, 0.3) is 0 Å². The lowest BCUT2D eigenvalue weighted by molar-refractivity contribution is -0.107. The fourth-order valence-electron chi connectivity index (χ4n) is 1.78. The third-order valence-corrected chi connectivity index (χ3v) is 2.71. The molecule has 3 nitrogen and oxygen atoms in total. The van der Waals surface area contributed by atoms with Gasteiger partial charge in [0, 0.05) is 6.54 Å². The Kier molecular flexibility index (Phi) is 3.60. The van der Waals surface area contributed by atoms with E-state index in [0.29, 0.717) is 12.2 Å². The molecule has 1 aliphatic rings. The number of hydrogen-bond donors (Lipinski definition) is 0. The van der Waals surface area contributed by atoms with E-state index in [-0.39, 0.29) is 6.23 Å². The molecule has 1 aromatic carbocycles. The SMILES string of the molecule is C[C@@H]1OC=CC=C(C=O)N1Cc1ccccc1. The van der Waals surface area contributed by atoms with Gasteiger partial charge in [-0.25, -0.2) is 0 Å². The highest BCUT2D eigenvalue weighted by molar-refractivity contribution is 5.73. The number of allylic oxidation sites excluding steroid dienone is 3. The zero-order valence-electron chi connectivity index (χ0n) is 9.74. The summed E-state index contributed by atoms with van der Waals surface area (Å²) < 4.78 is 5.45. The molecule has 2 rings (SSSR count). The standard InChI is InChI=1S/C14H15NO2/c1-12-15(10-13-6-3-2-4-7-13)14(11-16)8-5-9-17-12/h2-9,11-12H,10H2,1H3/t12-/m0/s1. The van der Waals surface area contributed by atoms with Gasteiger partial charge in [-0.1, -0.05) is 30.3 Å². The van der Waals surface area contributed by atoms with Crippen LogP contribution in [0.25, 0.3) is 0 Å². The zero-order chi connectivity index (χ0) is 12.1. The second kappa shape index (κ2) is 5.34.